The summed E-state index contributed by atoms with van der Waals surface area (Å²) in [4.78, 5) is 0. The number of rotatable bonds is 1. The monoisotopic (exact) mass is 228 g/mol. The number of nitrogens with two attached hydrogens (primary N) is 1. The molecule has 0 fully saturated rings. The second kappa shape index (κ2) is 3.88. The highest BCUT2D eigenvalue weighted by Crippen LogP contribution is 2.38. The molecule has 0 saturated heterocycles. The van der Waals surface area contributed by atoms with Crippen LogP contribution in [0.2, 0.25) is 0 Å². The van der Waals surface area contributed by atoms with E-state index in [0.29, 0.717) is 5.92 Å². The quantitative estimate of drug-likeness (QED) is 0.799. The SMILES string of the molecule is Cc1cccc2c3c(n(C)c12)CCCC3CN. The Morgan fingerprint density at radius 3 is 3.00 bits per heavy atom. The van der Waals surface area contributed by atoms with Gasteiger partial charge in [0.05, 0.1) is 5.52 Å². The van der Waals surface area contributed by atoms with Crippen LogP contribution >= 0.6 is 0 Å². The van der Waals surface area contributed by atoms with Crippen LogP contribution < -0.4 is 5.73 Å². The average Bonchev–Trinajstić information content (AvgIpc) is 2.65. The Bertz CT molecular complexity index is 566. The maximum absolute atomic E-state index is 5.95. The van der Waals surface area contributed by atoms with Crippen molar-refractivity contribution >= 4 is 10.9 Å². The molecule has 0 saturated carbocycles. The summed E-state index contributed by atoms with van der Waals surface area (Å²) in [6.45, 7) is 2.98. The minimum absolute atomic E-state index is 0.559. The Balaban J connectivity index is 2.38. The maximum atomic E-state index is 5.95. The van der Waals surface area contributed by atoms with Gasteiger partial charge in [0.15, 0.2) is 0 Å². The molecule has 1 aliphatic carbocycles. The lowest BCUT2D eigenvalue weighted by Gasteiger charge is -2.22. The molecule has 1 aliphatic rings. The lowest BCUT2D eigenvalue weighted by molar-refractivity contribution is 0.549. The Morgan fingerprint density at radius 1 is 1.41 bits per heavy atom. The van der Waals surface area contributed by atoms with E-state index in [1.807, 2.05) is 0 Å². The lowest BCUT2D eigenvalue weighted by atomic mass is 9.85. The van der Waals surface area contributed by atoms with Crippen molar-refractivity contribution in [2.24, 2.45) is 12.8 Å². The van der Waals surface area contributed by atoms with Crippen LogP contribution in [-0.2, 0) is 13.5 Å². The summed E-state index contributed by atoms with van der Waals surface area (Å²) in [5.41, 5.74) is 11.8. The van der Waals surface area contributed by atoms with E-state index >= 15 is 0 Å². The Morgan fingerprint density at radius 2 is 2.24 bits per heavy atom. The van der Waals surface area contributed by atoms with Crippen molar-refractivity contribution in [3.8, 4) is 0 Å². The Labute approximate surface area is 102 Å². The summed E-state index contributed by atoms with van der Waals surface area (Å²) in [6, 6.07) is 6.63. The van der Waals surface area contributed by atoms with Gasteiger partial charge in [0, 0.05) is 18.1 Å². The van der Waals surface area contributed by atoms with Crippen LogP contribution in [0.25, 0.3) is 10.9 Å². The van der Waals surface area contributed by atoms with Gasteiger partial charge in [-0.25, -0.2) is 0 Å². The fraction of sp³-hybridized carbons (Fsp3) is 0.467. The van der Waals surface area contributed by atoms with Gasteiger partial charge in [-0.3, -0.25) is 0 Å². The molecular weight excluding hydrogens is 208 g/mol. The van der Waals surface area contributed by atoms with Crippen LogP contribution in [0.3, 0.4) is 0 Å². The zero-order valence-corrected chi connectivity index (χ0v) is 10.7. The molecule has 1 heterocycles. The number of hydrogen-bond donors (Lipinski definition) is 1. The summed E-state index contributed by atoms with van der Waals surface area (Å²) in [5.74, 6) is 0.559. The average molecular weight is 228 g/mol. The smallest absolute Gasteiger partial charge is 0.0512 e. The molecule has 1 aromatic carbocycles. The first-order valence-corrected chi connectivity index (χ1v) is 6.51. The van der Waals surface area contributed by atoms with Crippen LogP contribution in [0.5, 0.6) is 0 Å². The van der Waals surface area contributed by atoms with E-state index in [0.717, 1.165) is 6.54 Å². The summed E-state index contributed by atoms with van der Waals surface area (Å²) < 4.78 is 2.39. The van der Waals surface area contributed by atoms with E-state index in [1.165, 1.54) is 47.0 Å². The molecule has 1 unspecified atom stereocenters. The summed E-state index contributed by atoms with van der Waals surface area (Å²) in [5, 5.41) is 1.43. The third kappa shape index (κ3) is 1.44. The molecular formula is C15H20N2. The van der Waals surface area contributed by atoms with Crippen molar-refractivity contribution in [2.75, 3.05) is 6.54 Å². The van der Waals surface area contributed by atoms with Gasteiger partial charge >= 0.3 is 0 Å². The van der Waals surface area contributed by atoms with Crippen LogP contribution in [0.4, 0.5) is 0 Å². The molecule has 2 aromatic rings. The van der Waals surface area contributed by atoms with Crippen LogP contribution in [0, 0.1) is 6.92 Å². The molecule has 1 atom stereocenters. The van der Waals surface area contributed by atoms with E-state index in [2.05, 4.69) is 36.7 Å². The first kappa shape index (κ1) is 10.8. The predicted octanol–water partition coefficient (Wildman–Crippen LogP) is 2.87. The van der Waals surface area contributed by atoms with Gasteiger partial charge < -0.3 is 10.3 Å². The standard InChI is InChI=1S/C15H20N2/c1-10-5-3-7-12-14-11(9-16)6-4-8-13(14)17(2)15(10)12/h3,5,7,11H,4,6,8-9,16H2,1-2H3. The molecule has 2 nitrogen and oxygen atoms in total. The lowest BCUT2D eigenvalue weighted by Crippen LogP contribution is -2.18. The molecule has 90 valence electrons. The second-order valence-electron chi connectivity index (χ2n) is 5.22. The second-order valence-corrected chi connectivity index (χ2v) is 5.22. The molecule has 1 aromatic heterocycles. The first-order chi connectivity index (χ1) is 8.24. The maximum Gasteiger partial charge on any atom is 0.0512 e. The van der Waals surface area contributed by atoms with Gasteiger partial charge in [0.1, 0.15) is 0 Å². The highest BCUT2D eigenvalue weighted by molar-refractivity contribution is 5.89. The topological polar surface area (TPSA) is 30.9 Å². The number of para-hydroxylation sites is 1. The normalized spacial score (nSPS) is 19.6. The number of fused-ring (bicyclic) bond motifs is 3. The molecule has 0 spiro atoms. The Hall–Kier alpha value is -1.28. The van der Waals surface area contributed by atoms with E-state index in [9.17, 15) is 0 Å². The van der Waals surface area contributed by atoms with Crippen molar-refractivity contribution in [3.63, 3.8) is 0 Å². The van der Waals surface area contributed by atoms with Crippen LogP contribution in [0.15, 0.2) is 18.2 Å². The van der Waals surface area contributed by atoms with E-state index in [1.54, 1.807) is 0 Å². The van der Waals surface area contributed by atoms with E-state index < -0.39 is 0 Å². The first-order valence-electron chi connectivity index (χ1n) is 6.51. The fourth-order valence-corrected chi connectivity index (χ4v) is 3.45. The largest absolute Gasteiger partial charge is 0.347 e. The summed E-state index contributed by atoms with van der Waals surface area (Å²) in [6.07, 6.45) is 3.73. The number of hydrogen-bond acceptors (Lipinski definition) is 1. The van der Waals surface area contributed by atoms with Crippen molar-refractivity contribution in [1.82, 2.24) is 4.57 Å². The van der Waals surface area contributed by atoms with Crippen LogP contribution in [0.1, 0.15) is 35.6 Å². The van der Waals surface area contributed by atoms with Gasteiger partial charge in [0.25, 0.3) is 0 Å². The zero-order valence-electron chi connectivity index (χ0n) is 10.7. The molecule has 3 rings (SSSR count). The predicted molar refractivity (Wildman–Crippen MR) is 72.4 cm³/mol. The zero-order chi connectivity index (χ0) is 12.0. The third-order valence-electron chi connectivity index (χ3n) is 4.24. The van der Waals surface area contributed by atoms with Gasteiger partial charge in [-0.15, -0.1) is 0 Å². The van der Waals surface area contributed by atoms with Crippen molar-refractivity contribution in [1.29, 1.82) is 0 Å². The highest BCUT2D eigenvalue weighted by Gasteiger charge is 2.25. The molecule has 2 heteroatoms. The van der Waals surface area contributed by atoms with Crippen LogP contribution in [-0.4, -0.2) is 11.1 Å². The van der Waals surface area contributed by atoms with Gasteiger partial charge in [0.2, 0.25) is 0 Å². The summed E-state index contributed by atoms with van der Waals surface area (Å²) >= 11 is 0. The third-order valence-corrected chi connectivity index (χ3v) is 4.24. The minimum Gasteiger partial charge on any atom is -0.347 e. The minimum atomic E-state index is 0.559. The van der Waals surface area contributed by atoms with Gasteiger partial charge in [-0.05, 0) is 49.8 Å². The number of aryl methyl sites for hydroxylation is 2. The summed E-state index contributed by atoms with van der Waals surface area (Å²) in [7, 11) is 2.20. The fourth-order valence-electron chi connectivity index (χ4n) is 3.45. The molecule has 2 N–H and O–H groups in total. The molecule has 0 radical (unpaired) electrons. The molecule has 17 heavy (non-hydrogen) atoms. The van der Waals surface area contributed by atoms with E-state index in [-0.39, 0.29) is 0 Å². The number of benzene rings is 1. The van der Waals surface area contributed by atoms with Crippen molar-refractivity contribution in [2.45, 2.75) is 32.1 Å². The van der Waals surface area contributed by atoms with E-state index in [4.69, 9.17) is 5.73 Å². The highest BCUT2D eigenvalue weighted by atomic mass is 15.0. The molecule has 0 amide bonds. The molecule has 0 bridgehead atoms. The van der Waals surface area contributed by atoms with Crippen molar-refractivity contribution < 1.29 is 0 Å². The van der Waals surface area contributed by atoms with Gasteiger partial charge in [-0.2, -0.15) is 0 Å². The van der Waals surface area contributed by atoms with Gasteiger partial charge in [-0.1, -0.05) is 18.2 Å². The number of nitrogens with zero attached hydrogens (tertiary/aromatic N) is 1. The number of aromatic nitrogens is 1. The van der Waals surface area contributed by atoms with Crippen molar-refractivity contribution in [3.05, 3.63) is 35.0 Å². The Kier molecular flexibility index (Phi) is 2.48. The molecule has 0 aliphatic heterocycles.